The van der Waals surface area contributed by atoms with Crippen LogP contribution in [0.15, 0.2) is 17.1 Å². The van der Waals surface area contributed by atoms with Crippen LogP contribution in [0, 0.1) is 4.64 Å². The molecule has 0 radical (unpaired) electrons. The first-order valence-corrected chi connectivity index (χ1v) is 5.85. The summed E-state index contributed by atoms with van der Waals surface area (Å²) in [7, 11) is 0. The van der Waals surface area contributed by atoms with Crippen molar-refractivity contribution in [3.8, 4) is 0 Å². The number of nitrogens with one attached hydrogen (secondary N) is 1. The normalized spacial score (nSPS) is 34.6. The minimum Gasteiger partial charge on any atom is -0.394 e. The van der Waals surface area contributed by atoms with Gasteiger partial charge in [-0.2, -0.15) is 0 Å². The number of ether oxygens (including phenoxy) is 1. The number of aliphatic hydroxyl groups is 2. The Labute approximate surface area is 111 Å². The Hall–Kier alpha value is -1.16. The van der Waals surface area contributed by atoms with Crippen molar-refractivity contribution in [2.45, 2.75) is 24.1 Å². The van der Waals surface area contributed by atoms with Crippen LogP contribution in [0.5, 0.6) is 0 Å². The first kappa shape index (κ1) is 14.3. The fraction of sp³-hybridized carbons (Fsp3) is 0.600. The molecule has 3 N–H and O–H groups in total. The van der Waals surface area contributed by atoms with Crippen molar-refractivity contribution in [2.75, 3.05) is 13.3 Å². The number of halogens is 2. The van der Waals surface area contributed by atoms with Gasteiger partial charge in [-0.3, -0.25) is 9.55 Å². The molecule has 1 aliphatic heterocycles. The minimum absolute atomic E-state index is 0.128. The van der Waals surface area contributed by atoms with E-state index in [1.807, 2.05) is 0 Å². The number of rotatable bonds is 3. The summed E-state index contributed by atoms with van der Waals surface area (Å²) in [6.45, 7) is -2.25. The van der Waals surface area contributed by atoms with Crippen LogP contribution in [0.1, 0.15) is 6.23 Å². The molecule has 9 heteroatoms. The summed E-state index contributed by atoms with van der Waals surface area (Å²) in [6.07, 6.45) is -3.71. The van der Waals surface area contributed by atoms with Crippen molar-refractivity contribution in [3.05, 3.63) is 27.4 Å². The van der Waals surface area contributed by atoms with E-state index < -0.39 is 43.1 Å². The number of H-pyrrole nitrogens is 1. The number of hydrogen-bond donors (Lipinski definition) is 3. The Morgan fingerprint density at radius 2 is 2.32 bits per heavy atom. The van der Waals surface area contributed by atoms with Gasteiger partial charge < -0.3 is 14.9 Å². The van der Waals surface area contributed by atoms with Crippen LogP contribution in [0.4, 0.5) is 8.78 Å². The quantitative estimate of drug-likeness (QED) is 0.674. The van der Waals surface area contributed by atoms with E-state index >= 15 is 0 Å². The molecule has 0 saturated carbocycles. The lowest BCUT2D eigenvalue weighted by molar-refractivity contribution is -0.0734. The molecule has 0 amide bonds. The zero-order chi connectivity index (χ0) is 14.2. The Kier molecular flexibility index (Phi) is 3.81. The van der Waals surface area contributed by atoms with Crippen molar-refractivity contribution >= 4 is 12.2 Å². The molecule has 0 spiro atoms. The van der Waals surface area contributed by atoms with Gasteiger partial charge in [0.25, 0.3) is 0 Å². The summed E-state index contributed by atoms with van der Waals surface area (Å²) in [6, 6.07) is 1.30. The largest absolute Gasteiger partial charge is 0.394 e. The second kappa shape index (κ2) is 5.08. The zero-order valence-corrected chi connectivity index (χ0v) is 10.4. The highest BCUT2D eigenvalue weighted by atomic mass is 32.1. The third-order valence-corrected chi connectivity index (χ3v) is 3.28. The van der Waals surface area contributed by atoms with Crippen LogP contribution in [0.25, 0.3) is 0 Å². The predicted octanol–water partition coefficient (Wildman–Crippen LogP) is -0.166. The van der Waals surface area contributed by atoms with Gasteiger partial charge >= 0.3 is 5.69 Å². The Morgan fingerprint density at radius 3 is 2.84 bits per heavy atom. The highest BCUT2D eigenvalue weighted by molar-refractivity contribution is 7.71. The number of aliphatic hydroxyl groups excluding tert-OH is 2. The molecule has 4 atom stereocenters. The number of alkyl halides is 2. The maximum absolute atomic E-state index is 14.4. The third-order valence-electron chi connectivity index (χ3n) is 3.05. The first-order chi connectivity index (χ1) is 8.93. The summed E-state index contributed by atoms with van der Waals surface area (Å²) in [5.74, 6) is 0. The van der Waals surface area contributed by atoms with Crippen LogP contribution in [-0.4, -0.2) is 50.9 Å². The van der Waals surface area contributed by atoms with Crippen molar-refractivity contribution in [1.29, 1.82) is 0 Å². The van der Waals surface area contributed by atoms with Gasteiger partial charge in [0.1, 0.15) is 23.5 Å². The Balaban J connectivity index is 2.48. The lowest BCUT2D eigenvalue weighted by Gasteiger charge is -2.26. The van der Waals surface area contributed by atoms with E-state index in [2.05, 4.69) is 4.98 Å². The van der Waals surface area contributed by atoms with Gasteiger partial charge in [0.05, 0.1) is 6.61 Å². The van der Waals surface area contributed by atoms with Crippen molar-refractivity contribution in [1.82, 2.24) is 9.55 Å². The summed E-state index contributed by atoms with van der Waals surface area (Å²) in [5, 5.41) is 18.6. The summed E-state index contributed by atoms with van der Waals surface area (Å²) in [5.41, 5.74) is -3.60. The summed E-state index contributed by atoms with van der Waals surface area (Å²) >= 11 is 4.72. The van der Waals surface area contributed by atoms with E-state index in [9.17, 15) is 18.7 Å². The molecule has 106 valence electrons. The number of aromatic nitrogens is 2. The van der Waals surface area contributed by atoms with E-state index in [1.54, 1.807) is 0 Å². The topological polar surface area (TPSA) is 87.5 Å². The van der Waals surface area contributed by atoms with Gasteiger partial charge in [-0.25, -0.2) is 13.6 Å². The SMILES string of the molecule is O=c1[nH]c(=S)ccn1C1OC(CO)C(O)C1(F)CF. The van der Waals surface area contributed by atoms with Crippen molar-refractivity contribution < 1.29 is 23.7 Å². The minimum atomic E-state index is -2.81. The van der Waals surface area contributed by atoms with E-state index in [0.29, 0.717) is 0 Å². The second-order valence-electron chi connectivity index (χ2n) is 4.23. The molecule has 1 aromatic rings. The van der Waals surface area contributed by atoms with Gasteiger partial charge in [-0.1, -0.05) is 12.2 Å². The average molecular weight is 294 g/mol. The zero-order valence-electron chi connectivity index (χ0n) is 9.62. The molecule has 0 aromatic carbocycles. The fourth-order valence-corrected chi connectivity index (χ4v) is 2.15. The van der Waals surface area contributed by atoms with Gasteiger partial charge in [-0.05, 0) is 6.07 Å². The van der Waals surface area contributed by atoms with Crippen LogP contribution in [0.2, 0.25) is 0 Å². The summed E-state index contributed by atoms with van der Waals surface area (Å²) < 4.78 is 33.3. The van der Waals surface area contributed by atoms with Gasteiger partial charge in [0.2, 0.25) is 5.67 Å². The van der Waals surface area contributed by atoms with E-state index in [1.165, 1.54) is 6.07 Å². The molecule has 1 saturated heterocycles. The molecule has 6 nitrogen and oxygen atoms in total. The molecule has 19 heavy (non-hydrogen) atoms. The second-order valence-corrected chi connectivity index (χ2v) is 4.67. The molecule has 0 bridgehead atoms. The maximum atomic E-state index is 14.4. The average Bonchev–Trinajstić information content (AvgIpc) is 2.63. The number of hydrogen-bond acceptors (Lipinski definition) is 5. The molecule has 1 fully saturated rings. The Morgan fingerprint density at radius 1 is 1.63 bits per heavy atom. The number of aromatic amines is 1. The lowest BCUT2D eigenvalue weighted by Crippen LogP contribution is -2.47. The van der Waals surface area contributed by atoms with Crippen molar-refractivity contribution in [2.24, 2.45) is 0 Å². The van der Waals surface area contributed by atoms with Crippen LogP contribution < -0.4 is 5.69 Å². The predicted molar refractivity (Wildman–Crippen MR) is 62.7 cm³/mol. The van der Waals surface area contributed by atoms with Gasteiger partial charge in [0, 0.05) is 6.20 Å². The molecular formula is C10H12F2N2O4S. The monoisotopic (exact) mass is 294 g/mol. The molecule has 1 aromatic heterocycles. The standard InChI is InChI=1S/C10H12F2N2O4S/c11-4-10(12)7(16)5(3-15)18-8(10)14-2-1-6(19)13-9(14)17/h1-2,5,7-8,15-16H,3-4H2,(H,13,17,19). The molecule has 4 unspecified atom stereocenters. The van der Waals surface area contributed by atoms with Crippen LogP contribution >= 0.6 is 12.2 Å². The highest BCUT2D eigenvalue weighted by Crippen LogP contribution is 2.41. The van der Waals surface area contributed by atoms with E-state index in [-0.39, 0.29) is 4.64 Å². The molecular weight excluding hydrogens is 282 g/mol. The van der Waals surface area contributed by atoms with Crippen LogP contribution in [-0.2, 0) is 4.74 Å². The third kappa shape index (κ3) is 2.22. The highest BCUT2D eigenvalue weighted by Gasteiger charge is 2.58. The van der Waals surface area contributed by atoms with Gasteiger partial charge in [-0.15, -0.1) is 0 Å². The summed E-state index contributed by atoms with van der Waals surface area (Å²) in [4.78, 5) is 13.9. The first-order valence-electron chi connectivity index (χ1n) is 5.44. The number of nitrogens with zero attached hydrogens (tertiary/aromatic N) is 1. The maximum Gasteiger partial charge on any atom is 0.328 e. The molecule has 0 aliphatic carbocycles. The van der Waals surface area contributed by atoms with E-state index in [4.69, 9.17) is 22.1 Å². The van der Waals surface area contributed by atoms with Gasteiger partial charge in [0.15, 0.2) is 6.23 Å². The Bertz CT molecular complexity index is 577. The molecule has 2 heterocycles. The molecule has 2 rings (SSSR count). The fourth-order valence-electron chi connectivity index (χ4n) is 2.00. The molecule has 1 aliphatic rings. The van der Waals surface area contributed by atoms with Crippen LogP contribution in [0.3, 0.4) is 0 Å². The van der Waals surface area contributed by atoms with Crippen molar-refractivity contribution in [3.63, 3.8) is 0 Å². The lowest BCUT2D eigenvalue weighted by atomic mass is 9.97. The smallest absolute Gasteiger partial charge is 0.328 e. The van der Waals surface area contributed by atoms with E-state index in [0.717, 1.165) is 10.8 Å².